The van der Waals surface area contributed by atoms with Gasteiger partial charge in [-0.15, -0.1) is 11.3 Å². The summed E-state index contributed by atoms with van der Waals surface area (Å²) in [6.07, 6.45) is 1.78. The molecule has 2 aromatic rings. The summed E-state index contributed by atoms with van der Waals surface area (Å²) in [4.78, 5) is 64.2. The number of nitrogens with one attached hydrogen (secondary N) is 2. The summed E-state index contributed by atoms with van der Waals surface area (Å²) in [6.45, 7) is 2.35. The number of rotatable bonds is 7. The lowest BCUT2D eigenvalue weighted by Crippen LogP contribution is -2.59. The van der Waals surface area contributed by atoms with Crippen LogP contribution in [0.5, 0.6) is 0 Å². The van der Waals surface area contributed by atoms with Crippen molar-refractivity contribution in [2.24, 2.45) is 0 Å². The maximum atomic E-state index is 13.0. The normalized spacial score (nSPS) is 15.9. The van der Waals surface area contributed by atoms with Gasteiger partial charge in [0.2, 0.25) is 12.2 Å². The maximum Gasteiger partial charge on any atom is 0.325 e. The van der Waals surface area contributed by atoms with Crippen LogP contribution >= 0.6 is 11.3 Å². The van der Waals surface area contributed by atoms with Crippen molar-refractivity contribution in [2.75, 3.05) is 19.6 Å². The highest BCUT2D eigenvalue weighted by Crippen LogP contribution is 2.21. The SMILES string of the molecule is CCN1CCN(C(=O)NC(C(=O)NC([C]=O)c2ccccc2)c2cccs2)C(=O)C1=O. The number of nitrogens with zero attached hydrogens (tertiary/aromatic N) is 2. The fourth-order valence-electron chi connectivity index (χ4n) is 3.14. The van der Waals surface area contributed by atoms with E-state index in [-0.39, 0.29) is 13.1 Å². The molecule has 1 aliphatic heterocycles. The van der Waals surface area contributed by atoms with Crippen molar-refractivity contribution in [3.05, 3.63) is 58.3 Å². The Labute approximate surface area is 183 Å². The Hall–Kier alpha value is -3.53. The molecule has 2 atom stereocenters. The van der Waals surface area contributed by atoms with Crippen LogP contribution < -0.4 is 10.6 Å². The third-order valence-electron chi connectivity index (χ3n) is 4.83. The van der Waals surface area contributed by atoms with Crippen LogP contribution in [0.1, 0.15) is 29.4 Å². The summed E-state index contributed by atoms with van der Waals surface area (Å²) in [7, 11) is 0. The molecule has 2 unspecified atom stereocenters. The molecule has 0 aliphatic carbocycles. The minimum absolute atomic E-state index is 0.0256. The quantitative estimate of drug-likeness (QED) is 0.626. The molecule has 1 radical (unpaired) electrons. The zero-order valence-corrected chi connectivity index (χ0v) is 17.6. The Kier molecular flexibility index (Phi) is 7.14. The first-order chi connectivity index (χ1) is 15.0. The molecular formula is C21H21N4O5S. The standard InChI is InChI=1S/C21H21N4O5S/c1-2-24-10-11-25(20(29)19(24)28)21(30)23-17(16-9-6-12-31-16)18(27)22-15(13-26)14-7-4-3-5-8-14/h3-9,12,15,17H,2,10-11H2,1H3,(H,22,27)(H,23,30). The summed E-state index contributed by atoms with van der Waals surface area (Å²) in [6, 6.07) is 8.90. The van der Waals surface area contributed by atoms with Crippen molar-refractivity contribution >= 4 is 41.4 Å². The van der Waals surface area contributed by atoms with Crippen molar-refractivity contribution in [2.45, 2.75) is 19.0 Å². The molecule has 1 saturated heterocycles. The van der Waals surface area contributed by atoms with Crippen molar-refractivity contribution in [3.63, 3.8) is 0 Å². The number of likely N-dealkylation sites (N-methyl/N-ethyl adjacent to an activating group) is 1. The molecule has 161 valence electrons. The van der Waals surface area contributed by atoms with E-state index in [1.807, 2.05) is 0 Å². The minimum atomic E-state index is -1.15. The molecule has 0 spiro atoms. The lowest BCUT2D eigenvalue weighted by molar-refractivity contribution is -0.153. The molecule has 1 aromatic carbocycles. The van der Waals surface area contributed by atoms with E-state index in [0.29, 0.717) is 17.0 Å². The van der Waals surface area contributed by atoms with Gasteiger partial charge in [-0.05, 0) is 23.9 Å². The highest BCUT2D eigenvalue weighted by molar-refractivity contribution is 7.10. The summed E-state index contributed by atoms with van der Waals surface area (Å²) < 4.78 is 0. The molecule has 1 aromatic heterocycles. The van der Waals surface area contributed by atoms with Gasteiger partial charge in [-0.25, -0.2) is 4.79 Å². The van der Waals surface area contributed by atoms with Crippen LogP contribution in [0.3, 0.4) is 0 Å². The molecule has 1 fully saturated rings. The zero-order valence-electron chi connectivity index (χ0n) is 16.7. The Morgan fingerprint density at radius 2 is 1.81 bits per heavy atom. The van der Waals surface area contributed by atoms with Crippen LogP contribution in [0.4, 0.5) is 4.79 Å². The number of thiophene rings is 1. The van der Waals surface area contributed by atoms with Crippen molar-refractivity contribution in [1.29, 1.82) is 0 Å². The number of amides is 5. The van der Waals surface area contributed by atoms with Crippen LogP contribution in [0.15, 0.2) is 47.8 Å². The van der Waals surface area contributed by atoms with Gasteiger partial charge in [0.1, 0.15) is 12.1 Å². The molecule has 10 heteroatoms. The molecule has 0 saturated carbocycles. The van der Waals surface area contributed by atoms with E-state index >= 15 is 0 Å². The Balaban J connectivity index is 1.76. The second-order valence-corrected chi connectivity index (χ2v) is 7.69. The number of piperazine rings is 1. The fourth-order valence-corrected chi connectivity index (χ4v) is 3.92. The smallest absolute Gasteiger partial charge is 0.325 e. The first-order valence-corrected chi connectivity index (χ1v) is 10.5. The highest BCUT2D eigenvalue weighted by Gasteiger charge is 2.37. The Bertz CT molecular complexity index is 963. The van der Waals surface area contributed by atoms with Gasteiger partial charge in [-0.2, -0.15) is 0 Å². The minimum Gasteiger partial charge on any atom is -0.340 e. The van der Waals surface area contributed by atoms with Gasteiger partial charge in [0, 0.05) is 24.5 Å². The molecule has 0 bridgehead atoms. The number of imide groups is 1. The first kappa shape index (κ1) is 22.2. The van der Waals surface area contributed by atoms with Crippen molar-refractivity contribution in [1.82, 2.24) is 20.4 Å². The number of carbonyl (C=O) groups is 4. The van der Waals surface area contributed by atoms with E-state index in [1.165, 1.54) is 16.2 Å². The van der Waals surface area contributed by atoms with Crippen LogP contribution in [-0.4, -0.2) is 59.5 Å². The molecule has 2 heterocycles. The number of benzene rings is 1. The number of urea groups is 1. The molecule has 9 nitrogen and oxygen atoms in total. The van der Waals surface area contributed by atoms with Crippen LogP contribution in [0, 0.1) is 0 Å². The van der Waals surface area contributed by atoms with E-state index in [2.05, 4.69) is 10.6 Å². The monoisotopic (exact) mass is 441 g/mol. The molecule has 1 aliphatic rings. The third kappa shape index (κ3) is 4.97. The zero-order chi connectivity index (χ0) is 22.4. The lowest BCUT2D eigenvalue weighted by atomic mass is 10.1. The molecule has 3 rings (SSSR count). The molecule has 5 amide bonds. The second kappa shape index (κ2) is 9.98. The second-order valence-electron chi connectivity index (χ2n) is 6.71. The predicted octanol–water partition coefficient (Wildman–Crippen LogP) is 1.16. The van der Waals surface area contributed by atoms with Gasteiger partial charge in [-0.3, -0.25) is 24.1 Å². The van der Waals surface area contributed by atoms with Crippen LogP contribution in [0.2, 0.25) is 0 Å². The average molecular weight is 441 g/mol. The van der Waals surface area contributed by atoms with E-state index < -0.39 is 35.8 Å². The summed E-state index contributed by atoms with van der Waals surface area (Å²) >= 11 is 1.23. The van der Waals surface area contributed by atoms with Gasteiger partial charge >= 0.3 is 17.8 Å². The predicted molar refractivity (Wildman–Crippen MR) is 113 cm³/mol. The van der Waals surface area contributed by atoms with Gasteiger partial charge in [0.15, 0.2) is 0 Å². The Morgan fingerprint density at radius 3 is 2.42 bits per heavy atom. The van der Waals surface area contributed by atoms with Gasteiger partial charge < -0.3 is 15.5 Å². The topological polar surface area (TPSA) is 116 Å². The van der Waals surface area contributed by atoms with Crippen molar-refractivity contribution in [3.8, 4) is 0 Å². The number of hydrogen-bond acceptors (Lipinski definition) is 6. The van der Waals surface area contributed by atoms with Gasteiger partial charge in [0.25, 0.3) is 0 Å². The van der Waals surface area contributed by atoms with E-state index in [9.17, 15) is 24.0 Å². The maximum absolute atomic E-state index is 13.0. The van der Waals surface area contributed by atoms with Crippen molar-refractivity contribution < 1.29 is 24.0 Å². The van der Waals surface area contributed by atoms with E-state index in [1.54, 1.807) is 61.1 Å². The summed E-state index contributed by atoms with van der Waals surface area (Å²) in [5.41, 5.74) is 0.540. The van der Waals surface area contributed by atoms with Gasteiger partial charge in [0.05, 0.1) is 0 Å². The number of hydrogen-bond donors (Lipinski definition) is 2. The molecule has 31 heavy (non-hydrogen) atoms. The third-order valence-corrected chi connectivity index (χ3v) is 5.77. The molecular weight excluding hydrogens is 420 g/mol. The average Bonchev–Trinajstić information content (AvgIpc) is 3.32. The first-order valence-electron chi connectivity index (χ1n) is 9.64. The van der Waals surface area contributed by atoms with E-state index in [4.69, 9.17) is 0 Å². The van der Waals surface area contributed by atoms with E-state index in [0.717, 1.165) is 4.90 Å². The summed E-state index contributed by atoms with van der Waals surface area (Å²) in [5.74, 6) is -2.35. The van der Waals surface area contributed by atoms with Crippen LogP contribution in [0.25, 0.3) is 0 Å². The largest absolute Gasteiger partial charge is 0.340 e. The molecule has 2 N–H and O–H groups in total. The number of carbonyl (C=O) groups excluding carboxylic acids is 5. The Morgan fingerprint density at radius 1 is 1.06 bits per heavy atom. The van der Waals surface area contributed by atoms with Gasteiger partial charge in [-0.1, -0.05) is 36.4 Å². The summed E-state index contributed by atoms with van der Waals surface area (Å²) in [5, 5.41) is 6.82. The highest BCUT2D eigenvalue weighted by atomic mass is 32.1. The fraction of sp³-hybridized carbons (Fsp3) is 0.286. The van der Waals surface area contributed by atoms with Crippen LogP contribution in [-0.2, 0) is 19.2 Å². The lowest BCUT2D eigenvalue weighted by Gasteiger charge is -2.32.